The van der Waals surface area contributed by atoms with Crippen molar-refractivity contribution in [3.8, 4) is 5.75 Å². The molecule has 4 rings (SSSR count). The van der Waals surface area contributed by atoms with Crippen molar-refractivity contribution in [1.82, 2.24) is 0 Å². The zero-order chi connectivity index (χ0) is 10.4. The minimum absolute atomic E-state index is 0.969. The lowest BCUT2D eigenvalue weighted by Crippen LogP contribution is -1.89. The van der Waals surface area contributed by atoms with E-state index >= 15 is 0 Å². The van der Waals surface area contributed by atoms with Crippen LogP contribution in [0.5, 0.6) is 5.75 Å². The van der Waals surface area contributed by atoms with Gasteiger partial charge in [-0.1, -0.05) is 30.3 Å². The predicted octanol–water partition coefficient (Wildman–Crippen LogP) is 3.75. The molecule has 0 saturated carbocycles. The predicted molar refractivity (Wildman–Crippen MR) is 63.9 cm³/mol. The van der Waals surface area contributed by atoms with Gasteiger partial charge in [0, 0.05) is 5.39 Å². The smallest absolute Gasteiger partial charge is 0.127 e. The molecule has 0 spiro atoms. The molecule has 1 nitrogen and oxygen atoms in total. The number of ether oxygens (including phenoxy) is 1. The molecule has 4 aromatic carbocycles. The van der Waals surface area contributed by atoms with Crippen molar-refractivity contribution in [3.05, 3.63) is 42.0 Å². The van der Waals surface area contributed by atoms with Crippen LogP contribution in [0.15, 0.2) is 36.4 Å². The Kier molecular flexibility index (Phi) is 1.63. The highest BCUT2D eigenvalue weighted by molar-refractivity contribution is 6.13. The van der Waals surface area contributed by atoms with Gasteiger partial charge in [-0.05, 0) is 34.7 Å². The molecule has 0 aromatic heterocycles. The van der Waals surface area contributed by atoms with E-state index < -0.39 is 0 Å². The first-order chi connectivity index (χ1) is 7.31. The molecule has 0 radical (unpaired) electrons. The van der Waals surface area contributed by atoms with E-state index in [0.29, 0.717) is 0 Å². The molecule has 74 valence electrons. The summed E-state index contributed by atoms with van der Waals surface area (Å²) in [5.41, 5.74) is 1.32. The van der Waals surface area contributed by atoms with Gasteiger partial charge in [-0.2, -0.15) is 0 Å². The normalized spacial score (nSPS) is 11.3. The molecule has 4 aromatic rings. The molecule has 0 atom stereocenters. The molecule has 0 heterocycles. The Morgan fingerprint density at radius 2 is 1.87 bits per heavy atom. The van der Waals surface area contributed by atoms with Crippen molar-refractivity contribution >= 4 is 21.5 Å². The van der Waals surface area contributed by atoms with Crippen molar-refractivity contribution in [2.45, 2.75) is 6.92 Å². The fraction of sp³-hybridized carbons (Fsp3) is 0.143. The Balaban J connectivity index is 2.62. The zero-order valence-corrected chi connectivity index (χ0v) is 8.87. The molecule has 0 aliphatic rings. The first-order valence-electron chi connectivity index (χ1n) is 5.09. The van der Waals surface area contributed by atoms with E-state index in [9.17, 15) is 0 Å². The summed E-state index contributed by atoms with van der Waals surface area (Å²) in [6, 6.07) is 12.8. The summed E-state index contributed by atoms with van der Waals surface area (Å²) in [5, 5.41) is 5.11. The van der Waals surface area contributed by atoms with Crippen molar-refractivity contribution in [2.75, 3.05) is 7.11 Å². The molecule has 0 amide bonds. The molecule has 1 heteroatoms. The van der Waals surface area contributed by atoms with Gasteiger partial charge in [0.15, 0.2) is 0 Å². The molecule has 15 heavy (non-hydrogen) atoms. The summed E-state index contributed by atoms with van der Waals surface area (Å²) in [6.45, 7) is 2.15. The summed E-state index contributed by atoms with van der Waals surface area (Å²) in [6.07, 6.45) is 0. The first-order valence-corrected chi connectivity index (χ1v) is 5.09. The van der Waals surface area contributed by atoms with Gasteiger partial charge < -0.3 is 4.74 Å². The number of hydrogen-bond acceptors (Lipinski definition) is 1. The van der Waals surface area contributed by atoms with Gasteiger partial charge in [0.2, 0.25) is 0 Å². The van der Waals surface area contributed by atoms with E-state index in [1.165, 1.54) is 27.1 Å². The average Bonchev–Trinajstić information content (AvgIpc) is 2.29. The second-order valence-electron chi connectivity index (χ2n) is 3.91. The number of aryl methyl sites for hydroxylation is 1. The maximum absolute atomic E-state index is 5.42. The lowest BCUT2D eigenvalue weighted by Gasteiger charge is -2.12. The molecule has 0 N–H and O–H groups in total. The van der Waals surface area contributed by atoms with Gasteiger partial charge in [0.1, 0.15) is 5.75 Å². The number of fused-ring (bicyclic) bond motifs is 2. The van der Waals surface area contributed by atoms with Crippen LogP contribution in [-0.4, -0.2) is 7.11 Å². The highest BCUT2D eigenvalue weighted by Crippen LogP contribution is 2.36. The van der Waals surface area contributed by atoms with Crippen LogP contribution in [0, 0.1) is 6.92 Å². The number of methoxy groups -OCH3 is 1. The van der Waals surface area contributed by atoms with E-state index in [0.717, 1.165) is 5.75 Å². The highest BCUT2D eigenvalue weighted by atomic mass is 16.5. The van der Waals surface area contributed by atoms with Crippen LogP contribution >= 0.6 is 0 Å². The number of benzene rings is 4. The average molecular weight is 196 g/mol. The van der Waals surface area contributed by atoms with E-state index in [-0.39, 0.29) is 0 Å². The topological polar surface area (TPSA) is 9.23 Å². The van der Waals surface area contributed by atoms with Crippen LogP contribution in [0.2, 0.25) is 0 Å². The van der Waals surface area contributed by atoms with Gasteiger partial charge in [-0.15, -0.1) is 0 Å². The molecule has 0 aliphatic carbocycles. The fourth-order valence-corrected chi connectivity index (χ4v) is 2.33. The highest BCUT2D eigenvalue weighted by Gasteiger charge is 2.09. The molecule has 0 aliphatic heterocycles. The standard InChI is InChI=1S/C14H12O/c1-9-8-10-6-7-11(9)14-12(10)4-3-5-13(14)15-2/h3-8H,1-2H3. The zero-order valence-electron chi connectivity index (χ0n) is 8.87. The van der Waals surface area contributed by atoms with E-state index in [1.807, 2.05) is 12.1 Å². The molecule has 0 unspecified atom stereocenters. The lowest BCUT2D eigenvalue weighted by molar-refractivity contribution is 0.420. The van der Waals surface area contributed by atoms with Crippen LogP contribution in [0.1, 0.15) is 5.56 Å². The van der Waals surface area contributed by atoms with Crippen LogP contribution < -0.4 is 4.74 Å². The third-order valence-electron chi connectivity index (χ3n) is 3.05. The van der Waals surface area contributed by atoms with E-state index in [1.54, 1.807) is 7.11 Å². The summed E-state index contributed by atoms with van der Waals surface area (Å²) in [7, 11) is 1.73. The molecular weight excluding hydrogens is 184 g/mol. The largest absolute Gasteiger partial charge is 0.496 e. The van der Waals surface area contributed by atoms with Crippen LogP contribution in [0.4, 0.5) is 0 Å². The van der Waals surface area contributed by atoms with Gasteiger partial charge in [-0.25, -0.2) is 0 Å². The Morgan fingerprint density at radius 3 is 2.60 bits per heavy atom. The van der Waals surface area contributed by atoms with Crippen molar-refractivity contribution in [1.29, 1.82) is 0 Å². The van der Waals surface area contributed by atoms with Crippen molar-refractivity contribution < 1.29 is 4.74 Å². The Bertz CT molecular complexity index is 625. The quantitative estimate of drug-likeness (QED) is 0.576. The Labute approximate surface area is 88.6 Å². The number of hydrogen-bond donors (Lipinski definition) is 0. The summed E-state index contributed by atoms with van der Waals surface area (Å²) < 4.78 is 5.42. The maximum Gasteiger partial charge on any atom is 0.127 e. The summed E-state index contributed by atoms with van der Waals surface area (Å²) in [4.78, 5) is 0. The third kappa shape index (κ3) is 1.03. The fourth-order valence-electron chi connectivity index (χ4n) is 2.33. The number of rotatable bonds is 1. The first kappa shape index (κ1) is 8.54. The summed E-state index contributed by atoms with van der Waals surface area (Å²) in [5.74, 6) is 0.969. The second-order valence-corrected chi connectivity index (χ2v) is 3.91. The van der Waals surface area contributed by atoms with Crippen LogP contribution in [0.3, 0.4) is 0 Å². The molecular formula is C14H12O. The van der Waals surface area contributed by atoms with Gasteiger partial charge in [-0.3, -0.25) is 0 Å². The SMILES string of the molecule is COc1cccc2c3ccc(c(C)c3)c12. The molecule has 2 bridgehead atoms. The molecule has 0 saturated heterocycles. The Hall–Kier alpha value is -1.76. The van der Waals surface area contributed by atoms with Gasteiger partial charge in [0.25, 0.3) is 0 Å². The van der Waals surface area contributed by atoms with Gasteiger partial charge >= 0.3 is 0 Å². The summed E-state index contributed by atoms with van der Waals surface area (Å²) >= 11 is 0. The lowest BCUT2D eigenvalue weighted by atomic mass is 9.95. The minimum atomic E-state index is 0.969. The van der Waals surface area contributed by atoms with Crippen molar-refractivity contribution in [3.63, 3.8) is 0 Å². The third-order valence-corrected chi connectivity index (χ3v) is 3.05. The van der Waals surface area contributed by atoms with Gasteiger partial charge in [0.05, 0.1) is 7.11 Å². The van der Waals surface area contributed by atoms with Crippen LogP contribution in [-0.2, 0) is 0 Å². The Morgan fingerprint density at radius 1 is 1.00 bits per heavy atom. The maximum atomic E-state index is 5.42. The molecule has 0 fully saturated rings. The monoisotopic (exact) mass is 196 g/mol. The van der Waals surface area contributed by atoms with Crippen LogP contribution in [0.25, 0.3) is 21.5 Å². The minimum Gasteiger partial charge on any atom is -0.496 e. The van der Waals surface area contributed by atoms with E-state index in [4.69, 9.17) is 4.74 Å². The second kappa shape index (κ2) is 2.86. The van der Waals surface area contributed by atoms with Crippen molar-refractivity contribution in [2.24, 2.45) is 0 Å². The van der Waals surface area contributed by atoms with E-state index in [2.05, 4.69) is 31.2 Å².